The Morgan fingerprint density at radius 1 is 1.38 bits per heavy atom. The summed E-state index contributed by atoms with van der Waals surface area (Å²) in [5, 5.41) is 3.26. The van der Waals surface area contributed by atoms with Gasteiger partial charge in [-0.25, -0.2) is 0 Å². The van der Waals surface area contributed by atoms with Crippen molar-refractivity contribution in [3.63, 3.8) is 0 Å². The first-order chi connectivity index (χ1) is 7.56. The number of hydrogen-bond acceptors (Lipinski definition) is 3. The molecular formula is C12H14BrNO2. The number of benzene rings is 1. The second-order valence-electron chi connectivity index (χ2n) is 4.26. The molecule has 86 valence electrons. The van der Waals surface area contributed by atoms with E-state index in [1.807, 2.05) is 26.0 Å². The van der Waals surface area contributed by atoms with Crippen molar-refractivity contribution in [2.45, 2.75) is 32.4 Å². The minimum atomic E-state index is -0.450. The lowest BCUT2D eigenvalue weighted by Crippen LogP contribution is -2.24. The molecule has 1 aliphatic rings. The molecule has 0 unspecified atom stereocenters. The molecule has 1 saturated carbocycles. The van der Waals surface area contributed by atoms with E-state index >= 15 is 0 Å². The fourth-order valence-corrected chi connectivity index (χ4v) is 1.99. The smallest absolute Gasteiger partial charge is 0.295 e. The monoisotopic (exact) mass is 283 g/mol. The van der Waals surface area contributed by atoms with Crippen molar-refractivity contribution in [3.05, 3.63) is 27.7 Å². The minimum Gasteiger partial charge on any atom is -0.441 e. The lowest BCUT2D eigenvalue weighted by atomic mass is 10.1. The van der Waals surface area contributed by atoms with Gasteiger partial charge in [0.25, 0.3) is 6.47 Å². The summed E-state index contributed by atoms with van der Waals surface area (Å²) < 4.78 is 6.18. The van der Waals surface area contributed by atoms with Gasteiger partial charge < -0.3 is 10.1 Å². The van der Waals surface area contributed by atoms with E-state index in [0.29, 0.717) is 6.47 Å². The third-order valence-electron chi connectivity index (χ3n) is 2.79. The molecule has 16 heavy (non-hydrogen) atoms. The Morgan fingerprint density at radius 2 is 1.94 bits per heavy atom. The molecule has 2 rings (SSSR count). The molecule has 0 spiro atoms. The minimum absolute atomic E-state index is 0.450. The van der Waals surface area contributed by atoms with Crippen molar-refractivity contribution in [2.24, 2.45) is 0 Å². The van der Waals surface area contributed by atoms with Gasteiger partial charge in [0.2, 0.25) is 0 Å². The molecule has 1 aromatic rings. The van der Waals surface area contributed by atoms with Crippen molar-refractivity contribution in [2.75, 3.05) is 5.32 Å². The molecule has 0 saturated heterocycles. The maximum Gasteiger partial charge on any atom is 0.295 e. The van der Waals surface area contributed by atoms with Crippen molar-refractivity contribution in [1.82, 2.24) is 0 Å². The summed E-state index contributed by atoms with van der Waals surface area (Å²) in [6, 6.07) is 4.09. The average molecular weight is 284 g/mol. The number of anilines is 1. The zero-order valence-electron chi connectivity index (χ0n) is 9.34. The van der Waals surface area contributed by atoms with Crippen LogP contribution in [0.5, 0.6) is 0 Å². The van der Waals surface area contributed by atoms with Gasteiger partial charge in [-0.05, 0) is 37.1 Å². The molecule has 0 heterocycles. The summed E-state index contributed by atoms with van der Waals surface area (Å²) in [5.41, 5.74) is 2.89. The first kappa shape index (κ1) is 11.5. The van der Waals surface area contributed by atoms with Crippen LogP contribution in [0.3, 0.4) is 0 Å². The Kier molecular flexibility index (Phi) is 2.93. The van der Waals surface area contributed by atoms with Crippen LogP contribution in [0.2, 0.25) is 0 Å². The number of carbonyl (C=O) groups excluding carboxylic acids is 1. The third kappa shape index (κ3) is 2.21. The molecule has 1 N–H and O–H groups in total. The van der Waals surface area contributed by atoms with E-state index < -0.39 is 5.72 Å². The number of nitrogens with one attached hydrogen (secondary N) is 1. The van der Waals surface area contributed by atoms with Gasteiger partial charge >= 0.3 is 0 Å². The average Bonchev–Trinajstić information content (AvgIpc) is 2.95. The van der Waals surface area contributed by atoms with Crippen LogP contribution in [-0.2, 0) is 9.53 Å². The van der Waals surface area contributed by atoms with Gasteiger partial charge in [0.05, 0.1) is 0 Å². The molecule has 4 heteroatoms. The first-order valence-electron chi connectivity index (χ1n) is 5.23. The van der Waals surface area contributed by atoms with Crippen molar-refractivity contribution in [1.29, 1.82) is 0 Å². The predicted molar refractivity (Wildman–Crippen MR) is 66.4 cm³/mol. The van der Waals surface area contributed by atoms with Crippen LogP contribution in [0.1, 0.15) is 24.0 Å². The van der Waals surface area contributed by atoms with Crippen molar-refractivity contribution >= 4 is 28.1 Å². The van der Waals surface area contributed by atoms with Crippen molar-refractivity contribution in [3.8, 4) is 0 Å². The van der Waals surface area contributed by atoms with Gasteiger partial charge in [-0.15, -0.1) is 0 Å². The number of carbonyl (C=O) groups is 1. The van der Waals surface area contributed by atoms with Gasteiger partial charge in [0.15, 0.2) is 5.72 Å². The summed E-state index contributed by atoms with van der Waals surface area (Å²) in [5.74, 6) is 0. The molecule has 3 nitrogen and oxygen atoms in total. The zero-order chi connectivity index (χ0) is 11.8. The normalized spacial score (nSPS) is 16.7. The lowest BCUT2D eigenvalue weighted by Gasteiger charge is -2.18. The Hall–Kier alpha value is -1.03. The van der Waals surface area contributed by atoms with Gasteiger partial charge in [0.1, 0.15) is 0 Å². The van der Waals surface area contributed by atoms with E-state index in [9.17, 15) is 4.79 Å². The van der Waals surface area contributed by atoms with E-state index in [1.165, 1.54) is 11.1 Å². The van der Waals surface area contributed by atoms with Gasteiger partial charge in [-0.3, -0.25) is 4.79 Å². The van der Waals surface area contributed by atoms with E-state index in [4.69, 9.17) is 4.74 Å². The molecule has 0 bridgehead atoms. The SMILES string of the molecule is Cc1cc(NC2(OC=O)CC2)cc(C)c1Br. The maximum atomic E-state index is 10.4. The summed E-state index contributed by atoms with van der Waals surface area (Å²) in [4.78, 5) is 10.4. The molecule has 0 aromatic heterocycles. The Bertz CT molecular complexity index is 404. The molecule has 0 aliphatic heterocycles. The molecular weight excluding hydrogens is 270 g/mol. The molecule has 0 amide bonds. The Morgan fingerprint density at radius 3 is 2.38 bits per heavy atom. The standard InChI is InChI=1S/C12H14BrNO2/c1-8-5-10(6-9(2)11(8)13)14-12(3-4-12)16-7-15/h5-7,14H,3-4H2,1-2H3. The fourth-order valence-electron chi connectivity index (χ4n) is 1.76. The number of ether oxygens (including phenoxy) is 1. The van der Waals surface area contributed by atoms with Crippen LogP contribution in [0.25, 0.3) is 0 Å². The van der Waals surface area contributed by atoms with Crippen LogP contribution in [-0.4, -0.2) is 12.2 Å². The maximum absolute atomic E-state index is 10.4. The summed E-state index contributed by atoms with van der Waals surface area (Å²) in [7, 11) is 0. The van der Waals surface area contributed by atoms with Crippen LogP contribution in [0, 0.1) is 13.8 Å². The third-order valence-corrected chi connectivity index (χ3v) is 4.04. The van der Waals surface area contributed by atoms with Crippen LogP contribution >= 0.6 is 15.9 Å². The summed E-state index contributed by atoms with van der Waals surface area (Å²) in [6.07, 6.45) is 1.75. The number of rotatable bonds is 4. The molecule has 0 atom stereocenters. The van der Waals surface area contributed by atoms with Gasteiger partial charge in [-0.2, -0.15) is 0 Å². The zero-order valence-corrected chi connectivity index (χ0v) is 10.9. The fraction of sp³-hybridized carbons (Fsp3) is 0.417. The highest BCUT2D eigenvalue weighted by molar-refractivity contribution is 9.10. The Labute approximate surface area is 103 Å². The topological polar surface area (TPSA) is 38.3 Å². The highest BCUT2D eigenvalue weighted by Crippen LogP contribution is 2.40. The molecule has 1 fully saturated rings. The predicted octanol–water partition coefficient (Wildman–Crippen LogP) is 3.14. The van der Waals surface area contributed by atoms with E-state index in [1.54, 1.807) is 0 Å². The lowest BCUT2D eigenvalue weighted by molar-refractivity contribution is -0.133. The number of aryl methyl sites for hydroxylation is 2. The first-order valence-corrected chi connectivity index (χ1v) is 6.02. The Balaban J connectivity index is 2.19. The van der Waals surface area contributed by atoms with Crippen LogP contribution in [0.4, 0.5) is 5.69 Å². The van der Waals surface area contributed by atoms with Crippen LogP contribution in [0.15, 0.2) is 16.6 Å². The number of halogens is 1. The quantitative estimate of drug-likeness (QED) is 0.682. The van der Waals surface area contributed by atoms with Gasteiger partial charge in [0, 0.05) is 23.0 Å². The molecule has 1 aromatic carbocycles. The molecule has 1 aliphatic carbocycles. The second kappa shape index (κ2) is 4.09. The second-order valence-corrected chi connectivity index (χ2v) is 5.05. The summed E-state index contributed by atoms with van der Waals surface area (Å²) >= 11 is 3.52. The highest BCUT2D eigenvalue weighted by Gasteiger charge is 2.45. The van der Waals surface area contributed by atoms with E-state index in [2.05, 4.69) is 21.2 Å². The largest absolute Gasteiger partial charge is 0.441 e. The van der Waals surface area contributed by atoms with Gasteiger partial charge in [-0.1, -0.05) is 15.9 Å². The summed E-state index contributed by atoms with van der Waals surface area (Å²) in [6.45, 7) is 4.60. The van der Waals surface area contributed by atoms with E-state index in [-0.39, 0.29) is 0 Å². The number of hydrogen-bond donors (Lipinski definition) is 1. The highest BCUT2D eigenvalue weighted by atomic mass is 79.9. The molecule has 0 radical (unpaired) electrons. The van der Waals surface area contributed by atoms with E-state index in [0.717, 1.165) is 23.0 Å². The van der Waals surface area contributed by atoms with Crippen molar-refractivity contribution < 1.29 is 9.53 Å². The van der Waals surface area contributed by atoms with Crippen LogP contribution < -0.4 is 5.32 Å².